The van der Waals surface area contributed by atoms with Crippen molar-refractivity contribution in [3.63, 3.8) is 0 Å². The topological polar surface area (TPSA) is 66.5 Å². The van der Waals surface area contributed by atoms with Crippen molar-refractivity contribution in [3.05, 3.63) is 23.5 Å². The zero-order valence-electron chi connectivity index (χ0n) is 7.29. The van der Waals surface area contributed by atoms with Crippen LogP contribution in [0.2, 0.25) is 0 Å². The molecule has 3 nitrogen and oxygen atoms in total. The summed E-state index contributed by atoms with van der Waals surface area (Å²) in [5.41, 5.74) is 5.83. The van der Waals surface area contributed by atoms with Crippen LogP contribution in [0.4, 0.5) is 4.39 Å². The molecule has 1 aromatic rings. The van der Waals surface area contributed by atoms with Crippen molar-refractivity contribution in [2.45, 2.75) is 12.8 Å². The number of benzene rings is 1. The van der Waals surface area contributed by atoms with Gasteiger partial charge in [-0.05, 0) is 18.5 Å². The van der Waals surface area contributed by atoms with E-state index in [1.165, 1.54) is 6.07 Å². The Morgan fingerprint density at radius 3 is 2.54 bits per heavy atom. The first-order valence-corrected chi connectivity index (χ1v) is 3.97. The van der Waals surface area contributed by atoms with Gasteiger partial charge in [0, 0.05) is 11.6 Å². The average Bonchev–Trinajstić information content (AvgIpc) is 2.10. The van der Waals surface area contributed by atoms with Gasteiger partial charge in [0.25, 0.3) is 0 Å². The maximum absolute atomic E-state index is 12.7. The molecule has 0 aromatic heterocycles. The van der Waals surface area contributed by atoms with Crippen molar-refractivity contribution in [3.8, 4) is 11.5 Å². The molecule has 0 radical (unpaired) electrons. The Labute approximate surface area is 75.6 Å². The van der Waals surface area contributed by atoms with Crippen LogP contribution in [0.5, 0.6) is 11.5 Å². The van der Waals surface area contributed by atoms with E-state index < -0.39 is 11.6 Å². The predicted octanol–water partition coefficient (Wildman–Crippen LogP) is 1.30. The molecule has 0 heterocycles. The van der Waals surface area contributed by atoms with E-state index in [9.17, 15) is 9.50 Å². The lowest BCUT2D eigenvalue weighted by molar-refractivity contribution is 0.415. The van der Waals surface area contributed by atoms with Gasteiger partial charge >= 0.3 is 0 Å². The second kappa shape index (κ2) is 3.62. The molecule has 0 saturated heterocycles. The highest BCUT2D eigenvalue weighted by atomic mass is 19.1. The Hall–Kier alpha value is -1.29. The average molecular weight is 185 g/mol. The zero-order valence-corrected chi connectivity index (χ0v) is 7.29. The molecule has 72 valence electrons. The maximum Gasteiger partial charge on any atom is 0.168 e. The Bertz CT molecular complexity index is 315. The summed E-state index contributed by atoms with van der Waals surface area (Å²) < 4.78 is 12.7. The minimum atomic E-state index is -0.828. The van der Waals surface area contributed by atoms with Gasteiger partial charge < -0.3 is 15.9 Å². The Morgan fingerprint density at radius 1 is 1.38 bits per heavy atom. The van der Waals surface area contributed by atoms with Crippen molar-refractivity contribution in [2.75, 3.05) is 6.54 Å². The smallest absolute Gasteiger partial charge is 0.168 e. The molecule has 0 saturated carbocycles. The summed E-state index contributed by atoms with van der Waals surface area (Å²) >= 11 is 0. The van der Waals surface area contributed by atoms with Gasteiger partial charge in [0.2, 0.25) is 0 Å². The van der Waals surface area contributed by atoms with Crippen molar-refractivity contribution in [2.24, 2.45) is 5.73 Å². The molecule has 0 fully saturated rings. The third kappa shape index (κ3) is 1.89. The first-order valence-electron chi connectivity index (χ1n) is 3.97. The summed E-state index contributed by atoms with van der Waals surface area (Å²) in [6.07, 6.45) is 0. The lowest BCUT2D eigenvalue weighted by Gasteiger charge is -2.11. The minimum Gasteiger partial charge on any atom is -0.508 e. The van der Waals surface area contributed by atoms with E-state index in [1.54, 1.807) is 6.92 Å². The number of hydrogen-bond acceptors (Lipinski definition) is 3. The van der Waals surface area contributed by atoms with Gasteiger partial charge in [-0.2, -0.15) is 0 Å². The fraction of sp³-hybridized carbons (Fsp3) is 0.333. The third-order valence-corrected chi connectivity index (χ3v) is 1.98. The van der Waals surface area contributed by atoms with Gasteiger partial charge in [-0.15, -0.1) is 0 Å². The fourth-order valence-corrected chi connectivity index (χ4v) is 1.09. The number of rotatable bonds is 2. The standard InChI is InChI=1S/C9H12FNO2/c1-5(4-11)6-2-9(13)7(10)3-8(6)12/h2-3,5,12-13H,4,11H2,1H3. The van der Waals surface area contributed by atoms with Crippen LogP contribution in [0, 0.1) is 5.82 Å². The van der Waals surface area contributed by atoms with Crippen LogP contribution in [0.1, 0.15) is 18.4 Å². The number of phenols is 2. The highest BCUT2D eigenvalue weighted by Crippen LogP contribution is 2.30. The van der Waals surface area contributed by atoms with E-state index in [2.05, 4.69) is 0 Å². The van der Waals surface area contributed by atoms with E-state index in [-0.39, 0.29) is 11.7 Å². The molecule has 0 amide bonds. The van der Waals surface area contributed by atoms with Gasteiger partial charge in [-0.3, -0.25) is 0 Å². The predicted molar refractivity (Wildman–Crippen MR) is 47.2 cm³/mol. The first kappa shape index (κ1) is 9.80. The second-order valence-electron chi connectivity index (χ2n) is 3.00. The molecular weight excluding hydrogens is 173 g/mol. The molecular formula is C9H12FNO2. The second-order valence-corrected chi connectivity index (χ2v) is 3.00. The molecule has 4 heteroatoms. The number of halogens is 1. The van der Waals surface area contributed by atoms with Crippen LogP contribution in [-0.4, -0.2) is 16.8 Å². The van der Waals surface area contributed by atoms with E-state index in [4.69, 9.17) is 10.8 Å². The summed E-state index contributed by atoms with van der Waals surface area (Å²) in [5, 5.41) is 18.4. The van der Waals surface area contributed by atoms with Gasteiger partial charge in [-0.1, -0.05) is 6.92 Å². The maximum atomic E-state index is 12.7. The highest BCUT2D eigenvalue weighted by Gasteiger charge is 2.12. The number of nitrogens with two attached hydrogens (primary N) is 1. The molecule has 0 aliphatic heterocycles. The molecule has 1 unspecified atom stereocenters. The van der Waals surface area contributed by atoms with Crippen LogP contribution in [0.3, 0.4) is 0 Å². The van der Waals surface area contributed by atoms with E-state index in [0.29, 0.717) is 12.1 Å². The van der Waals surface area contributed by atoms with Crippen LogP contribution in [-0.2, 0) is 0 Å². The number of aromatic hydroxyl groups is 2. The Kier molecular flexibility index (Phi) is 2.72. The normalized spacial score (nSPS) is 12.8. The molecule has 13 heavy (non-hydrogen) atoms. The SMILES string of the molecule is CC(CN)c1cc(O)c(F)cc1O. The summed E-state index contributed by atoms with van der Waals surface area (Å²) in [5.74, 6) is -1.57. The van der Waals surface area contributed by atoms with Crippen LogP contribution in [0.25, 0.3) is 0 Å². The first-order chi connectivity index (χ1) is 6.06. The number of hydrogen-bond donors (Lipinski definition) is 3. The van der Waals surface area contributed by atoms with Crippen molar-refractivity contribution in [1.29, 1.82) is 0 Å². The van der Waals surface area contributed by atoms with Crippen LogP contribution < -0.4 is 5.73 Å². The van der Waals surface area contributed by atoms with Crippen LogP contribution in [0.15, 0.2) is 12.1 Å². The summed E-state index contributed by atoms with van der Waals surface area (Å²) in [4.78, 5) is 0. The Morgan fingerprint density at radius 2 is 2.00 bits per heavy atom. The van der Waals surface area contributed by atoms with E-state index in [1.807, 2.05) is 0 Å². The number of phenolic OH excluding ortho intramolecular Hbond substituents is 2. The monoisotopic (exact) mass is 185 g/mol. The largest absolute Gasteiger partial charge is 0.508 e. The van der Waals surface area contributed by atoms with Crippen molar-refractivity contribution in [1.82, 2.24) is 0 Å². The van der Waals surface area contributed by atoms with Crippen molar-refractivity contribution < 1.29 is 14.6 Å². The quantitative estimate of drug-likeness (QED) is 0.608. The molecule has 1 rings (SSSR count). The molecule has 0 aliphatic rings. The molecule has 1 aromatic carbocycles. The van der Waals surface area contributed by atoms with E-state index >= 15 is 0 Å². The van der Waals surface area contributed by atoms with Crippen LogP contribution >= 0.6 is 0 Å². The molecule has 0 aliphatic carbocycles. The van der Waals surface area contributed by atoms with Gasteiger partial charge in [0.05, 0.1) is 0 Å². The molecule has 1 atom stereocenters. The molecule has 0 spiro atoms. The lowest BCUT2D eigenvalue weighted by atomic mass is 10.00. The third-order valence-electron chi connectivity index (χ3n) is 1.98. The summed E-state index contributed by atoms with van der Waals surface area (Å²) in [6, 6.07) is 2.08. The van der Waals surface area contributed by atoms with Crippen molar-refractivity contribution >= 4 is 0 Å². The molecule has 4 N–H and O–H groups in total. The minimum absolute atomic E-state index is 0.105. The summed E-state index contributed by atoms with van der Waals surface area (Å²) in [7, 11) is 0. The van der Waals surface area contributed by atoms with E-state index in [0.717, 1.165) is 6.07 Å². The van der Waals surface area contributed by atoms with Gasteiger partial charge in [-0.25, -0.2) is 4.39 Å². The Balaban J connectivity index is 3.15. The molecule has 0 bridgehead atoms. The zero-order chi connectivity index (χ0) is 10.0. The fourth-order valence-electron chi connectivity index (χ4n) is 1.09. The lowest BCUT2D eigenvalue weighted by Crippen LogP contribution is -2.09. The summed E-state index contributed by atoms with van der Waals surface area (Å²) in [6.45, 7) is 2.12. The van der Waals surface area contributed by atoms with Gasteiger partial charge in [0.1, 0.15) is 5.75 Å². The van der Waals surface area contributed by atoms with Gasteiger partial charge in [0.15, 0.2) is 11.6 Å². The highest BCUT2D eigenvalue weighted by molar-refractivity contribution is 5.41.